The molecule has 0 bridgehead atoms. The van der Waals surface area contributed by atoms with Gasteiger partial charge in [-0.1, -0.05) is 43.9 Å². The van der Waals surface area contributed by atoms with Crippen LogP contribution in [0.4, 0.5) is 0 Å². The first-order valence-corrected chi connectivity index (χ1v) is 12.7. The van der Waals surface area contributed by atoms with Gasteiger partial charge in [-0.05, 0) is 55.3 Å². The number of nitrogens with zero attached hydrogens (tertiary/aromatic N) is 1. The molecule has 4 aromatic rings. The number of hydrogen-bond acceptors (Lipinski definition) is 6. The molecule has 0 spiro atoms. The number of aryl methyl sites for hydroxylation is 1. The fraction of sp³-hybridized carbons (Fsp3) is 0.333. The van der Waals surface area contributed by atoms with E-state index in [0.717, 1.165) is 30.4 Å². The van der Waals surface area contributed by atoms with Crippen LogP contribution in [0.15, 0.2) is 68.4 Å². The summed E-state index contributed by atoms with van der Waals surface area (Å²) in [5.74, 6) is 1.50. The third kappa shape index (κ3) is 4.73. The van der Waals surface area contributed by atoms with Crippen molar-refractivity contribution in [3.63, 3.8) is 0 Å². The van der Waals surface area contributed by atoms with Crippen molar-refractivity contribution < 1.29 is 23.1 Å². The molecular formula is C30H31NO6. The summed E-state index contributed by atoms with van der Waals surface area (Å²) in [6.45, 7) is 4.88. The second kappa shape index (κ2) is 10.5. The summed E-state index contributed by atoms with van der Waals surface area (Å²) in [4.78, 5) is 29.0. The van der Waals surface area contributed by atoms with E-state index in [1.807, 2.05) is 31.2 Å². The van der Waals surface area contributed by atoms with Crippen LogP contribution in [-0.4, -0.2) is 24.5 Å². The highest BCUT2D eigenvalue weighted by atomic mass is 16.5. The number of ether oxygens (including phenoxy) is 2. The molecule has 0 aliphatic carbocycles. The number of rotatable bonds is 10. The maximum absolute atomic E-state index is 13.8. The van der Waals surface area contributed by atoms with E-state index in [9.17, 15) is 9.59 Å². The van der Waals surface area contributed by atoms with Gasteiger partial charge in [-0.2, -0.15) is 0 Å². The molecule has 2 aromatic heterocycles. The van der Waals surface area contributed by atoms with Crippen molar-refractivity contribution in [1.82, 2.24) is 4.90 Å². The Morgan fingerprint density at radius 2 is 1.86 bits per heavy atom. The van der Waals surface area contributed by atoms with Crippen molar-refractivity contribution in [1.29, 1.82) is 0 Å². The molecule has 1 atom stereocenters. The lowest BCUT2D eigenvalue weighted by Crippen LogP contribution is -2.29. The number of unbranched alkanes of at least 4 members (excludes halogenated alkanes) is 3. The minimum Gasteiger partial charge on any atom is -0.493 e. The van der Waals surface area contributed by atoms with Crippen LogP contribution in [0.1, 0.15) is 71.7 Å². The summed E-state index contributed by atoms with van der Waals surface area (Å²) in [5, 5.41) is 0.454. The number of fused-ring (bicyclic) bond motifs is 2. The van der Waals surface area contributed by atoms with Gasteiger partial charge in [-0.3, -0.25) is 9.59 Å². The first-order chi connectivity index (χ1) is 18.0. The van der Waals surface area contributed by atoms with Crippen molar-refractivity contribution in [2.45, 2.75) is 52.1 Å². The third-order valence-electron chi connectivity index (χ3n) is 6.79. The van der Waals surface area contributed by atoms with Crippen molar-refractivity contribution in [2.24, 2.45) is 0 Å². The van der Waals surface area contributed by atoms with E-state index in [2.05, 4.69) is 6.92 Å². The second-order valence-electron chi connectivity index (χ2n) is 9.41. The van der Waals surface area contributed by atoms with Gasteiger partial charge >= 0.3 is 0 Å². The van der Waals surface area contributed by atoms with Gasteiger partial charge in [0.2, 0.25) is 5.76 Å². The van der Waals surface area contributed by atoms with Gasteiger partial charge in [0.15, 0.2) is 16.9 Å². The maximum Gasteiger partial charge on any atom is 0.291 e. The van der Waals surface area contributed by atoms with E-state index >= 15 is 0 Å². The molecule has 2 aromatic carbocycles. The van der Waals surface area contributed by atoms with E-state index < -0.39 is 6.04 Å². The van der Waals surface area contributed by atoms with Crippen LogP contribution in [0.3, 0.4) is 0 Å². The molecule has 0 saturated heterocycles. The van der Waals surface area contributed by atoms with Crippen molar-refractivity contribution in [3.8, 4) is 11.5 Å². The molecule has 1 aliphatic heterocycles. The van der Waals surface area contributed by atoms with E-state index in [1.54, 1.807) is 42.5 Å². The summed E-state index contributed by atoms with van der Waals surface area (Å²) in [7, 11) is 1.59. The number of methoxy groups -OCH3 is 1. The first kappa shape index (κ1) is 24.7. The Morgan fingerprint density at radius 3 is 2.62 bits per heavy atom. The largest absolute Gasteiger partial charge is 0.493 e. The molecular weight excluding hydrogens is 470 g/mol. The first-order valence-electron chi connectivity index (χ1n) is 12.7. The quantitative estimate of drug-likeness (QED) is 0.234. The fourth-order valence-electron chi connectivity index (χ4n) is 4.90. The summed E-state index contributed by atoms with van der Waals surface area (Å²) in [6.07, 6.45) is 5.98. The zero-order chi connectivity index (χ0) is 25.9. The molecule has 1 aliphatic rings. The number of hydrogen-bond donors (Lipinski definition) is 0. The van der Waals surface area contributed by atoms with Crippen LogP contribution in [0.5, 0.6) is 11.5 Å². The van der Waals surface area contributed by atoms with Crippen LogP contribution in [-0.2, 0) is 6.54 Å². The molecule has 37 heavy (non-hydrogen) atoms. The molecule has 0 radical (unpaired) electrons. The lowest BCUT2D eigenvalue weighted by Gasteiger charge is -2.25. The molecule has 0 fully saturated rings. The Balaban J connectivity index is 1.58. The predicted octanol–water partition coefficient (Wildman–Crippen LogP) is 6.41. The van der Waals surface area contributed by atoms with Crippen LogP contribution >= 0.6 is 0 Å². The standard InChI is InChI=1S/C30H31NO6/c1-4-5-6-7-14-36-24-13-11-20(17-25(24)34-3)27-26-28(32)22-16-19(2)10-12-23(22)37-29(26)30(33)31(27)18-21-9-8-15-35-21/h8-13,15-17,27H,4-7,14,18H2,1-3H3. The van der Waals surface area contributed by atoms with Crippen molar-refractivity contribution in [3.05, 3.63) is 93.2 Å². The average molecular weight is 502 g/mol. The maximum atomic E-state index is 13.8. The van der Waals surface area contributed by atoms with Gasteiger partial charge in [0.1, 0.15) is 11.3 Å². The number of carbonyl (C=O) groups excluding carboxylic acids is 1. The zero-order valence-corrected chi connectivity index (χ0v) is 21.4. The van der Waals surface area contributed by atoms with Gasteiger partial charge < -0.3 is 23.2 Å². The van der Waals surface area contributed by atoms with Gasteiger partial charge in [-0.15, -0.1) is 0 Å². The van der Waals surface area contributed by atoms with Crippen LogP contribution in [0, 0.1) is 6.92 Å². The highest BCUT2D eigenvalue weighted by molar-refractivity contribution is 5.99. The highest BCUT2D eigenvalue weighted by Crippen LogP contribution is 2.41. The second-order valence-corrected chi connectivity index (χ2v) is 9.41. The van der Waals surface area contributed by atoms with Gasteiger partial charge in [-0.25, -0.2) is 0 Å². The Hall–Kier alpha value is -4.00. The Morgan fingerprint density at radius 1 is 1.00 bits per heavy atom. The summed E-state index contributed by atoms with van der Waals surface area (Å²) in [5.41, 5.74) is 2.18. The Labute approximate surface area is 215 Å². The van der Waals surface area contributed by atoms with Crippen molar-refractivity contribution in [2.75, 3.05) is 13.7 Å². The summed E-state index contributed by atoms with van der Waals surface area (Å²) >= 11 is 0. The lowest BCUT2D eigenvalue weighted by atomic mass is 9.97. The van der Waals surface area contributed by atoms with E-state index in [1.165, 1.54) is 6.42 Å². The monoisotopic (exact) mass is 501 g/mol. The topological polar surface area (TPSA) is 82.1 Å². The van der Waals surface area contributed by atoms with Gasteiger partial charge in [0, 0.05) is 0 Å². The molecule has 1 unspecified atom stereocenters. The number of benzene rings is 2. The Bertz CT molecular complexity index is 1470. The minimum atomic E-state index is -0.665. The summed E-state index contributed by atoms with van der Waals surface area (Å²) in [6, 6.07) is 13.9. The normalized spacial score (nSPS) is 14.8. The van der Waals surface area contributed by atoms with Crippen molar-refractivity contribution >= 4 is 16.9 Å². The van der Waals surface area contributed by atoms with Gasteiger partial charge in [0.05, 0.1) is 43.5 Å². The zero-order valence-electron chi connectivity index (χ0n) is 21.4. The van der Waals surface area contributed by atoms with E-state index in [4.69, 9.17) is 18.3 Å². The molecule has 5 rings (SSSR count). The molecule has 192 valence electrons. The van der Waals surface area contributed by atoms with E-state index in [0.29, 0.717) is 40.4 Å². The summed E-state index contributed by atoms with van der Waals surface area (Å²) < 4.78 is 23.2. The molecule has 7 heteroatoms. The van der Waals surface area contributed by atoms with E-state index in [-0.39, 0.29) is 23.6 Å². The lowest BCUT2D eigenvalue weighted by molar-refractivity contribution is 0.0701. The fourth-order valence-corrected chi connectivity index (χ4v) is 4.90. The third-order valence-corrected chi connectivity index (χ3v) is 6.79. The molecule has 3 heterocycles. The highest BCUT2D eigenvalue weighted by Gasteiger charge is 2.43. The van der Waals surface area contributed by atoms with Crippen LogP contribution in [0.25, 0.3) is 11.0 Å². The number of carbonyl (C=O) groups is 1. The van der Waals surface area contributed by atoms with Crippen LogP contribution in [0.2, 0.25) is 0 Å². The SMILES string of the molecule is CCCCCCOc1ccc(C2c3c(oc4ccc(C)cc4c3=O)C(=O)N2Cc2ccco2)cc1OC. The molecule has 0 saturated carbocycles. The average Bonchev–Trinajstić information content (AvgIpc) is 3.51. The van der Waals surface area contributed by atoms with Crippen LogP contribution < -0.4 is 14.9 Å². The predicted molar refractivity (Wildman–Crippen MR) is 140 cm³/mol. The number of furan rings is 1. The minimum absolute atomic E-state index is 0.0631. The molecule has 0 N–H and O–H groups in total. The molecule has 7 nitrogen and oxygen atoms in total. The smallest absolute Gasteiger partial charge is 0.291 e. The molecule has 1 amide bonds. The Kier molecular flexibility index (Phi) is 7.04. The van der Waals surface area contributed by atoms with Gasteiger partial charge in [0.25, 0.3) is 5.91 Å². The number of amides is 1.